The molecule has 1 heterocycles. The third-order valence-corrected chi connectivity index (χ3v) is 3.33. The Kier molecular flexibility index (Phi) is 4.81. The van der Waals surface area contributed by atoms with Gasteiger partial charge in [-0.2, -0.15) is 5.26 Å². The molecular formula is C16H10Cl2FN3. The van der Waals surface area contributed by atoms with E-state index in [9.17, 15) is 9.65 Å². The third kappa shape index (κ3) is 2.96. The number of benzene rings is 2. The lowest BCUT2D eigenvalue weighted by Gasteiger charge is -2.11. The van der Waals surface area contributed by atoms with Gasteiger partial charge in [-0.05, 0) is 30.3 Å². The molecule has 0 aliphatic rings. The highest BCUT2D eigenvalue weighted by atomic mass is 35.5. The van der Waals surface area contributed by atoms with Gasteiger partial charge in [0.15, 0.2) is 0 Å². The highest BCUT2D eigenvalue weighted by Gasteiger charge is 2.11. The minimum Gasteiger partial charge on any atom is -0.354 e. The van der Waals surface area contributed by atoms with Crippen molar-refractivity contribution < 1.29 is 4.39 Å². The van der Waals surface area contributed by atoms with E-state index < -0.39 is 5.82 Å². The van der Waals surface area contributed by atoms with Gasteiger partial charge in [-0.1, -0.05) is 23.7 Å². The predicted molar refractivity (Wildman–Crippen MR) is 88.4 cm³/mol. The zero-order chi connectivity index (χ0) is 14.8. The molecule has 0 fully saturated rings. The Balaban J connectivity index is 0.00000176. The Hall–Kier alpha value is -2.35. The molecule has 2 aromatic carbocycles. The fraction of sp³-hybridized carbons (Fsp3) is 0. The fourth-order valence-corrected chi connectivity index (χ4v) is 2.21. The summed E-state index contributed by atoms with van der Waals surface area (Å²) in [5.41, 5.74) is 1.87. The Morgan fingerprint density at radius 2 is 1.86 bits per heavy atom. The van der Waals surface area contributed by atoms with Gasteiger partial charge in [0.05, 0.1) is 11.3 Å². The van der Waals surface area contributed by atoms with Gasteiger partial charge in [-0.3, -0.25) is 4.98 Å². The van der Waals surface area contributed by atoms with Gasteiger partial charge in [0.25, 0.3) is 0 Å². The van der Waals surface area contributed by atoms with E-state index in [0.717, 1.165) is 5.69 Å². The minimum atomic E-state index is -0.420. The van der Waals surface area contributed by atoms with Gasteiger partial charge in [-0.25, -0.2) is 4.39 Å². The van der Waals surface area contributed by atoms with Crippen molar-refractivity contribution in [2.24, 2.45) is 0 Å². The molecule has 0 spiro atoms. The fourth-order valence-electron chi connectivity index (χ4n) is 2.08. The molecule has 0 radical (unpaired) electrons. The number of rotatable bonds is 2. The summed E-state index contributed by atoms with van der Waals surface area (Å²) in [6.45, 7) is 0. The number of pyridine rings is 1. The second-order valence-electron chi connectivity index (χ2n) is 4.43. The number of halogens is 3. The van der Waals surface area contributed by atoms with E-state index in [0.29, 0.717) is 21.7 Å². The Bertz CT molecular complexity index is 858. The number of aromatic nitrogens is 1. The summed E-state index contributed by atoms with van der Waals surface area (Å²) >= 11 is 5.85. The molecular weight excluding hydrogens is 324 g/mol. The standard InChI is InChI=1S/C16H9ClFN3.ClH/c17-11-4-6-12(7-5-11)21-15-10(8-19)9-20-16-13(15)2-1-3-14(16)18;/h1-7,9H,(H,20,21);1H. The molecule has 0 aliphatic heterocycles. The van der Waals surface area contributed by atoms with Gasteiger partial charge in [0.2, 0.25) is 0 Å². The number of para-hydroxylation sites is 1. The van der Waals surface area contributed by atoms with Crippen LogP contribution in [0.15, 0.2) is 48.7 Å². The normalized spacial score (nSPS) is 9.86. The summed E-state index contributed by atoms with van der Waals surface area (Å²) < 4.78 is 13.8. The molecule has 22 heavy (non-hydrogen) atoms. The van der Waals surface area contributed by atoms with E-state index in [-0.39, 0.29) is 17.9 Å². The topological polar surface area (TPSA) is 48.7 Å². The summed E-state index contributed by atoms with van der Waals surface area (Å²) in [6.07, 6.45) is 1.36. The summed E-state index contributed by atoms with van der Waals surface area (Å²) in [4.78, 5) is 4.01. The molecule has 3 rings (SSSR count). The molecule has 3 aromatic rings. The summed E-state index contributed by atoms with van der Waals surface area (Å²) in [5.74, 6) is -0.420. The lowest BCUT2D eigenvalue weighted by atomic mass is 10.1. The first-order chi connectivity index (χ1) is 10.2. The molecule has 1 N–H and O–H groups in total. The molecule has 3 nitrogen and oxygen atoms in total. The Morgan fingerprint density at radius 1 is 1.14 bits per heavy atom. The lowest BCUT2D eigenvalue weighted by molar-refractivity contribution is 0.637. The van der Waals surface area contributed by atoms with Crippen molar-refractivity contribution in [3.8, 4) is 6.07 Å². The Labute approximate surface area is 137 Å². The van der Waals surface area contributed by atoms with E-state index >= 15 is 0 Å². The van der Waals surface area contributed by atoms with Crippen LogP contribution >= 0.6 is 24.0 Å². The maximum Gasteiger partial charge on any atom is 0.149 e. The van der Waals surface area contributed by atoms with Gasteiger partial charge >= 0.3 is 0 Å². The van der Waals surface area contributed by atoms with Crippen LogP contribution in [0.3, 0.4) is 0 Å². The molecule has 0 saturated carbocycles. The smallest absolute Gasteiger partial charge is 0.149 e. The van der Waals surface area contributed by atoms with Crippen LogP contribution < -0.4 is 5.32 Å². The predicted octanol–water partition coefficient (Wildman–Crippen LogP) is 5.06. The molecule has 1 aromatic heterocycles. The van der Waals surface area contributed by atoms with Crippen LogP contribution in [0.5, 0.6) is 0 Å². The van der Waals surface area contributed by atoms with E-state index in [1.165, 1.54) is 12.3 Å². The van der Waals surface area contributed by atoms with Crippen molar-refractivity contribution in [1.29, 1.82) is 5.26 Å². The van der Waals surface area contributed by atoms with Gasteiger partial charge < -0.3 is 5.32 Å². The highest BCUT2D eigenvalue weighted by Crippen LogP contribution is 2.30. The second kappa shape index (κ2) is 6.61. The van der Waals surface area contributed by atoms with Crippen molar-refractivity contribution in [3.63, 3.8) is 0 Å². The van der Waals surface area contributed by atoms with E-state index in [1.54, 1.807) is 36.4 Å². The van der Waals surface area contributed by atoms with E-state index in [4.69, 9.17) is 11.6 Å². The monoisotopic (exact) mass is 333 g/mol. The van der Waals surface area contributed by atoms with Crippen LogP contribution in [0.1, 0.15) is 5.56 Å². The molecule has 0 saturated heterocycles. The number of nitrogens with zero attached hydrogens (tertiary/aromatic N) is 2. The van der Waals surface area contributed by atoms with Crippen molar-refractivity contribution in [3.05, 3.63) is 65.1 Å². The maximum absolute atomic E-state index is 13.8. The van der Waals surface area contributed by atoms with Crippen LogP contribution in [0.25, 0.3) is 10.9 Å². The minimum absolute atomic E-state index is 0. The number of hydrogen-bond donors (Lipinski definition) is 1. The molecule has 110 valence electrons. The first kappa shape index (κ1) is 16.0. The number of anilines is 2. The zero-order valence-electron chi connectivity index (χ0n) is 11.2. The van der Waals surface area contributed by atoms with Crippen molar-refractivity contribution >= 4 is 46.3 Å². The summed E-state index contributed by atoms with van der Waals surface area (Å²) in [7, 11) is 0. The second-order valence-corrected chi connectivity index (χ2v) is 4.86. The highest BCUT2D eigenvalue weighted by molar-refractivity contribution is 6.30. The maximum atomic E-state index is 13.8. The Morgan fingerprint density at radius 3 is 2.55 bits per heavy atom. The lowest BCUT2D eigenvalue weighted by Crippen LogP contribution is -1.97. The number of nitrogens with one attached hydrogen (secondary N) is 1. The van der Waals surface area contributed by atoms with Crippen LogP contribution in [0.2, 0.25) is 5.02 Å². The first-order valence-electron chi connectivity index (χ1n) is 6.19. The molecule has 6 heteroatoms. The average molecular weight is 334 g/mol. The first-order valence-corrected chi connectivity index (χ1v) is 6.57. The van der Waals surface area contributed by atoms with Gasteiger partial charge in [-0.15, -0.1) is 12.4 Å². The quantitative estimate of drug-likeness (QED) is 0.712. The molecule has 0 aliphatic carbocycles. The number of hydrogen-bond acceptors (Lipinski definition) is 3. The van der Waals surface area contributed by atoms with Crippen LogP contribution in [0, 0.1) is 17.1 Å². The van der Waals surface area contributed by atoms with Crippen LogP contribution in [0.4, 0.5) is 15.8 Å². The molecule has 0 amide bonds. The SMILES string of the molecule is Cl.N#Cc1cnc2c(F)cccc2c1Nc1ccc(Cl)cc1. The third-order valence-electron chi connectivity index (χ3n) is 3.08. The average Bonchev–Trinajstić information content (AvgIpc) is 2.50. The number of fused-ring (bicyclic) bond motifs is 1. The zero-order valence-corrected chi connectivity index (χ0v) is 12.7. The van der Waals surface area contributed by atoms with Crippen molar-refractivity contribution in [2.75, 3.05) is 5.32 Å². The van der Waals surface area contributed by atoms with Gasteiger partial charge in [0.1, 0.15) is 17.4 Å². The molecule has 0 unspecified atom stereocenters. The van der Waals surface area contributed by atoms with Gasteiger partial charge in [0, 0.05) is 22.3 Å². The van der Waals surface area contributed by atoms with E-state index in [1.807, 2.05) is 0 Å². The molecule has 0 bridgehead atoms. The number of nitriles is 1. The van der Waals surface area contributed by atoms with Crippen molar-refractivity contribution in [2.45, 2.75) is 0 Å². The summed E-state index contributed by atoms with van der Waals surface area (Å²) in [6, 6.07) is 13.8. The summed E-state index contributed by atoms with van der Waals surface area (Å²) in [5, 5.41) is 13.5. The van der Waals surface area contributed by atoms with Crippen LogP contribution in [-0.4, -0.2) is 4.98 Å². The van der Waals surface area contributed by atoms with E-state index in [2.05, 4.69) is 16.4 Å². The van der Waals surface area contributed by atoms with Crippen molar-refractivity contribution in [1.82, 2.24) is 4.98 Å². The largest absolute Gasteiger partial charge is 0.354 e. The molecule has 0 atom stereocenters. The van der Waals surface area contributed by atoms with Crippen LogP contribution in [-0.2, 0) is 0 Å².